The van der Waals surface area contributed by atoms with E-state index in [1.165, 1.54) is 0 Å². The van der Waals surface area contributed by atoms with Crippen LogP contribution in [0.2, 0.25) is 0 Å². The molecule has 2 aliphatic rings. The normalized spacial score (nSPS) is 22.4. The Kier molecular flexibility index (Phi) is 10.8. The van der Waals surface area contributed by atoms with Crippen molar-refractivity contribution in [2.75, 3.05) is 52.5 Å². The molecule has 28 heavy (non-hydrogen) atoms. The van der Waals surface area contributed by atoms with Crippen molar-refractivity contribution in [1.82, 2.24) is 20.4 Å². The zero-order chi connectivity index (χ0) is 19.9. The second-order valence-electron chi connectivity index (χ2n) is 8.27. The van der Waals surface area contributed by atoms with E-state index < -0.39 is 5.60 Å². The molecule has 0 aliphatic carbocycles. The van der Waals surface area contributed by atoms with E-state index in [0.29, 0.717) is 6.04 Å². The Hall–Kier alpha value is -0.810. The number of rotatable bonds is 5. The Morgan fingerprint density at radius 2 is 1.96 bits per heavy atom. The molecule has 0 bridgehead atoms. The van der Waals surface area contributed by atoms with Crippen LogP contribution in [0.3, 0.4) is 0 Å². The van der Waals surface area contributed by atoms with Gasteiger partial charge in [0.25, 0.3) is 0 Å². The Morgan fingerprint density at radius 1 is 1.29 bits per heavy atom. The van der Waals surface area contributed by atoms with Gasteiger partial charge in [0.15, 0.2) is 5.96 Å². The van der Waals surface area contributed by atoms with E-state index in [4.69, 9.17) is 14.5 Å². The molecule has 2 aliphatic heterocycles. The van der Waals surface area contributed by atoms with Gasteiger partial charge in [0.1, 0.15) is 5.60 Å². The number of aliphatic imine (C=N–C) groups is 1. The van der Waals surface area contributed by atoms with Crippen molar-refractivity contribution >= 4 is 36.0 Å². The van der Waals surface area contributed by atoms with Crippen molar-refractivity contribution in [3.05, 3.63) is 0 Å². The summed E-state index contributed by atoms with van der Waals surface area (Å²) in [6, 6.07) is 0.473. The molecular weight excluding hydrogens is 473 g/mol. The van der Waals surface area contributed by atoms with Crippen molar-refractivity contribution in [3.63, 3.8) is 0 Å². The third-order valence-corrected chi connectivity index (χ3v) is 4.72. The molecular formula is C19H38IN5O3. The average molecular weight is 511 g/mol. The number of alkyl carbamates (subject to hydrolysis) is 1. The number of amides is 1. The lowest BCUT2D eigenvalue weighted by atomic mass is 10.2. The van der Waals surface area contributed by atoms with E-state index in [0.717, 1.165) is 64.9 Å². The number of ether oxygens (including phenoxy) is 2. The molecule has 164 valence electrons. The van der Waals surface area contributed by atoms with E-state index in [9.17, 15) is 4.79 Å². The number of halogens is 1. The monoisotopic (exact) mass is 511 g/mol. The Bertz CT molecular complexity index is 506. The van der Waals surface area contributed by atoms with Gasteiger partial charge in [-0.05, 0) is 41.0 Å². The number of carbonyl (C=O) groups excluding carboxylic acids is 1. The van der Waals surface area contributed by atoms with Crippen LogP contribution in [-0.2, 0) is 9.47 Å². The van der Waals surface area contributed by atoms with Gasteiger partial charge in [-0.25, -0.2) is 4.79 Å². The molecule has 2 saturated heterocycles. The zero-order valence-electron chi connectivity index (χ0n) is 18.0. The van der Waals surface area contributed by atoms with Crippen LogP contribution >= 0.6 is 24.0 Å². The lowest BCUT2D eigenvalue weighted by Gasteiger charge is -2.31. The van der Waals surface area contributed by atoms with E-state index in [1.807, 2.05) is 20.8 Å². The molecule has 0 aromatic carbocycles. The van der Waals surface area contributed by atoms with Gasteiger partial charge in [-0.15, -0.1) is 24.0 Å². The third kappa shape index (κ3) is 8.69. The second-order valence-corrected chi connectivity index (χ2v) is 8.27. The maximum Gasteiger partial charge on any atom is 0.407 e. The van der Waals surface area contributed by atoms with Gasteiger partial charge in [-0.1, -0.05) is 0 Å². The number of nitrogens with zero attached hydrogens (tertiary/aromatic N) is 3. The fraction of sp³-hybridized carbons (Fsp3) is 0.895. The summed E-state index contributed by atoms with van der Waals surface area (Å²) in [6.45, 7) is 16.7. The summed E-state index contributed by atoms with van der Waals surface area (Å²) < 4.78 is 10.8. The Labute approximate surface area is 186 Å². The molecule has 0 spiro atoms. The van der Waals surface area contributed by atoms with Gasteiger partial charge >= 0.3 is 6.09 Å². The van der Waals surface area contributed by atoms with Gasteiger partial charge in [0.2, 0.25) is 0 Å². The molecule has 1 amide bonds. The van der Waals surface area contributed by atoms with E-state index in [2.05, 4.69) is 34.3 Å². The number of morpholine rings is 1. The first kappa shape index (κ1) is 25.2. The molecule has 8 nitrogen and oxygen atoms in total. The van der Waals surface area contributed by atoms with Crippen LogP contribution in [0, 0.1) is 0 Å². The van der Waals surface area contributed by atoms with Crippen molar-refractivity contribution in [3.8, 4) is 0 Å². The van der Waals surface area contributed by atoms with Crippen molar-refractivity contribution in [2.24, 2.45) is 4.99 Å². The molecule has 9 heteroatoms. The quantitative estimate of drug-likeness (QED) is 0.334. The highest BCUT2D eigenvalue weighted by molar-refractivity contribution is 14.0. The molecule has 2 fully saturated rings. The standard InChI is InChI=1S/C19H37N5O3.HI/c1-6-20-17(21-13-15(2)23-9-11-26-12-10-23)24-8-7-16(14-24)22-18(25)27-19(3,4)5;/h15-16H,6-14H2,1-5H3,(H,20,21)(H,22,25);1H. The average Bonchev–Trinajstić information content (AvgIpc) is 3.05. The van der Waals surface area contributed by atoms with Crippen LogP contribution in [0.15, 0.2) is 4.99 Å². The van der Waals surface area contributed by atoms with Crippen LogP contribution < -0.4 is 10.6 Å². The molecule has 0 radical (unpaired) electrons. The van der Waals surface area contributed by atoms with Crippen LogP contribution in [0.25, 0.3) is 0 Å². The number of guanidine groups is 1. The highest BCUT2D eigenvalue weighted by Crippen LogP contribution is 2.12. The van der Waals surface area contributed by atoms with Crippen LogP contribution in [0.1, 0.15) is 41.0 Å². The molecule has 0 saturated carbocycles. The minimum Gasteiger partial charge on any atom is -0.444 e. The second kappa shape index (κ2) is 12.0. The molecule has 2 rings (SSSR count). The SMILES string of the molecule is CCNC(=NCC(C)N1CCOCC1)N1CCC(NC(=O)OC(C)(C)C)C1.I. The molecule has 2 unspecified atom stereocenters. The van der Waals surface area contributed by atoms with Gasteiger partial charge in [0.05, 0.1) is 25.8 Å². The number of hydrogen-bond donors (Lipinski definition) is 2. The molecule has 0 aromatic rings. The van der Waals surface area contributed by atoms with Gasteiger partial charge in [-0.3, -0.25) is 9.89 Å². The summed E-state index contributed by atoms with van der Waals surface area (Å²) >= 11 is 0. The zero-order valence-corrected chi connectivity index (χ0v) is 20.3. The summed E-state index contributed by atoms with van der Waals surface area (Å²) in [6.07, 6.45) is 0.542. The van der Waals surface area contributed by atoms with Crippen molar-refractivity contribution in [2.45, 2.75) is 58.7 Å². The molecule has 2 atom stereocenters. The van der Waals surface area contributed by atoms with Gasteiger partial charge in [-0.2, -0.15) is 0 Å². The number of hydrogen-bond acceptors (Lipinski definition) is 5. The first-order valence-corrected chi connectivity index (χ1v) is 10.1. The fourth-order valence-corrected chi connectivity index (χ4v) is 3.32. The largest absolute Gasteiger partial charge is 0.444 e. The Balaban J connectivity index is 0.00000392. The van der Waals surface area contributed by atoms with Crippen molar-refractivity contribution < 1.29 is 14.3 Å². The van der Waals surface area contributed by atoms with Crippen LogP contribution in [0.4, 0.5) is 4.79 Å². The lowest BCUT2D eigenvalue weighted by Crippen LogP contribution is -2.46. The van der Waals surface area contributed by atoms with E-state index in [-0.39, 0.29) is 36.1 Å². The maximum atomic E-state index is 12.0. The highest BCUT2D eigenvalue weighted by Gasteiger charge is 2.28. The predicted molar refractivity (Wildman–Crippen MR) is 123 cm³/mol. The van der Waals surface area contributed by atoms with Crippen molar-refractivity contribution in [1.29, 1.82) is 0 Å². The minimum atomic E-state index is -0.478. The first-order valence-electron chi connectivity index (χ1n) is 10.1. The fourth-order valence-electron chi connectivity index (χ4n) is 3.32. The minimum absolute atomic E-state index is 0. The lowest BCUT2D eigenvalue weighted by molar-refractivity contribution is 0.0220. The predicted octanol–water partition coefficient (Wildman–Crippen LogP) is 1.89. The molecule has 2 heterocycles. The number of nitrogens with one attached hydrogen (secondary N) is 2. The number of likely N-dealkylation sites (tertiary alicyclic amines) is 1. The summed E-state index contributed by atoms with van der Waals surface area (Å²) in [5.74, 6) is 0.922. The summed E-state index contributed by atoms with van der Waals surface area (Å²) in [7, 11) is 0. The first-order chi connectivity index (χ1) is 12.8. The smallest absolute Gasteiger partial charge is 0.407 e. The van der Waals surface area contributed by atoms with E-state index in [1.54, 1.807) is 0 Å². The van der Waals surface area contributed by atoms with Gasteiger partial charge < -0.3 is 25.0 Å². The summed E-state index contributed by atoms with van der Waals surface area (Å²) in [5.41, 5.74) is -0.478. The summed E-state index contributed by atoms with van der Waals surface area (Å²) in [5, 5.41) is 6.35. The topological polar surface area (TPSA) is 78.4 Å². The van der Waals surface area contributed by atoms with Gasteiger partial charge in [0, 0.05) is 38.8 Å². The molecule has 2 N–H and O–H groups in total. The van der Waals surface area contributed by atoms with E-state index >= 15 is 0 Å². The number of carbonyl (C=O) groups is 1. The third-order valence-electron chi connectivity index (χ3n) is 4.72. The Morgan fingerprint density at radius 3 is 2.57 bits per heavy atom. The van der Waals surface area contributed by atoms with Crippen LogP contribution in [0.5, 0.6) is 0 Å². The summed E-state index contributed by atoms with van der Waals surface area (Å²) in [4.78, 5) is 21.5. The molecule has 0 aromatic heterocycles. The maximum absolute atomic E-state index is 12.0. The van der Waals surface area contributed by atoms with Crippen LogP contribution in [-0.4, -0.2) is 92.0 Å². The highest BCUT2D eigenvalue weighted by atomic mass is 127.